The van der Waals surface area contributed by atoms with E-state index in [9.17, 15) is 13.2 Å². The van der Waals surface area contributed by atoms with Gasteiger partial charge >= 0.3 is 0 Å². The van der Waals surface area contributed by atoms with Crippen LogP contribution in [-0.4, -0.2) is 41.3 Å². The van der Waals surface area contributed by atoms with Crippen molar-refractivity contribution in [2.24, 2.45) is 11.8 Å². The predicted molar refractivity (Wildman–Crippen MR) is 103 cm³/mol. The Labute approximate surface area is 160 Å². The number of sulfonamides is 1. The number of amides is 1. The summed E-state index contributed by atoms with van der Waals surface area (Å²) in [6.07, 6.45) is 1.53. The number of nitrogens with one attached hydrogen (secondary N) is 1. The van der Waals surface area contributed by atoms with Gasteiger partial charge < -0.3 is 5.32 Å². The fraction of sp³-hybridized carbons (Fsp3) is 0.474. The van der Waals surface area contributed by atoms with Crippen molar-refractivity contribution in [1.29, 1.82) is 0 Å². The average Bonchev–Trinajstić information content (AvgIpc) is 2.98. The van der Waals surface area contributed by atoms with Crippen LogP contribution in [0.15, 0.2) is 35.5 Å². The number of carbonyl (C=O) groups is 1. The maximum absolute atomic E-state index is 13.2. The van der Waals surface area contributed by atoms with Crippen molar-refractivity contribution in [2.75, 3.05) is 13.1 Å². The SMILES string of the molecule is CC(C)CNC(=O)c1ncn2c1CN(CC(C)C)S(=O)(=O)c1ccccc1-2. The van der Waals surface area contributed by atoms with Crippen LogP contribution in [-0.2, 0) is 16.6 Å². The van der Waals surface area contributed by atoms with Gasteiger partial charge in [-0.05, 0) is 24.0 Å². The number of hydrogen-bond donors (Lipinski definition) is 1. The number of imidazole rings is 1. The predicted octanol–water partition coefficient (Wildman–Crippen LogP) is 2.42. The molecule has 0 saturated carbocycles. The Balaban J connectivity index is 2.12. The van der Waals surface area contributed by atoms with E-state index in [1.807, 2.05) is 27.7 Å². The van der Waals surface area contributed by atoms with E-state index in [-0.39, 0.29) is 29.0 Å². The molecular formula is C19H26N4O3S. The molecule has 146 valence electrons. The lowest BCUT2D eigenvalue weighted by molar-refractivity contribution is 0.0942. The number of para-hydroxylation sites is 1. The number of fused-ring (bicyclic) bond motifs is 3. The van der Waals surface area contributed by atoms with Crippen LogP contribution in [0.4, 0.5) is 0 Å². The molecule has 1 aliphatic heterocycles. The van der Waals surface area contributed by atoms with Crippen LogP contribution in [0.5, 0.6) is 0 Å². The van der Waals surface area contributed by atoms with Gasteiger partial charge in [-0.1, -0.05) is 39.8 Å². The summed E-state index contributed by atoms with van der Waals surface area (Å²) in [5.41, 5.74) is 1.39. The third-order valence-corrected chi connectivity index (χ3v) is 6.25. The highest BCUT2D eigenvalue weighted by Gasteiger charge is 2.34. The lowest BCUT2D eigenvalue weighted by Gasteiger charge is -2.22. The van der Waals surface area contributed by atoms with Crippen LogP contribution in [0.1, 0.15) is 43.9 Å². The summed E-state index contributed by atoms with van der Waals surface area (Å²) in [4.78, 5) is 17.2. The van der Waals surface area contributed by atoms with Crippen LogP contribution < -0.4 is 5.32 Å². The van der Waals surface area contributed by atoms with E-state index >= 15 is 0 Å². The van der Waals surface area contributed by atoms with Crippen molar-refractivity contribution in [3.63, 3.8) is 0 Å². The van der Waals surface area contributed by atoms with E-state index in [1.165, 1.54) is 10.6 Å². The standard InChI is InChI=1S/C19H26N4O3S/c1-13(2)9-20-19(24)18-16-11-22(10-14(3)4)27(25,26)17-8-6-5-7-15(17)23(16)12-21-18/h5-8,12-14H,9-11H2,1-4H3,(H,20,24). The molecule has 3 rings (SSSR count). The van der Waals surface area contributed by atoms with Gasteiger partial charge in [0.1, 0.15) is 11.2 Å². The van der Waals surface area contributed by atoms with Gasteiger partial charge in [-0.2, -0.15) is 4.31 Å². The molecule has 8 heteroatoms. The maximum atomic E-state index is 13.2. The Hall–Kier alpha value is -2.19. The molecule has 0 bridgehead atoms. The molecule has 0 radical (unpaired) electrons. The van der Waals surface area contributed by atoms with Gasteiger partial charge in [0.05, 0.1) is 17.9 Å². The number of hydrogen-bond acceptors (Lipinski definition) is 4. The van der Waals surface area contributed by atoms with E-state index < -0.39 is 10.0 Å². The zero-order valence-corrected chi connectivity index (χ0v) is 17.0. The van der Waals surface area contributed by atoms with Crippen molar-refractivity contribution >= 4 is 15.9 Å². The first-order valence-electron chi connectivity index (χ1n) is 9.15. The van der Waals surface area contributed by atoms with Crippen LogP contribution in [0.25, 0.3) is 5.69 Å². The number of aromatic nitrogens is 2. The Kier molecular flexibility index (Phi) is 5.39. The van der Waals surface area contributed by atoms with Gasteiger partial charge in [0, 0.05) is 13.1 Å². The Morgan fingerprint density at radius 2 is 1.89 bits per heavy atom. The molecule has 0 aliphatic carbocycles. The first kappa shape index (κ1) is 19.6. The molecule has 1 N–H and O–H groups in total. The first-order chi connectivity index (χ1) is 12.7. The van der Waals surface area contributed by atoms with E-state index in [0.717, 1.165) is 0 Å². The molecule has 1 amide bonds. The van der Waals surface area contributed by atoms with E-state index in [1.54, 1.807) is 28.8 Å². The Morgan fingerprint density at radius 3 is 2.56 bits per heavy atom. The molecule has 27 heavy (non-hydrogen) atoms. The summed E-state index contributed by atoms with van der Waals surface area (Å²) in [5, 5.41) is 2.87. The quantitative estimate of drug-likeness (QED) is 0.850. The lowest BCUT2D eigenvalue weighted by atomic mass is 10.2. The van der Waals surface area contributed by atoms with Crippen molar-refractivity contribution in [2.45, 2.75) is 39.1 Å². The van der Waals surface area contributed by atoms with Crippen LogP contribution in [0, 0.1) is 11.8 Å². The minimum atomic E-state index is -3.67. The van der Waals surface area contributed by atoms with Crippen molar-refractivity contribution < 1.29 is 13.2 Å². The molecule has 7 nitrogen and oxygen atoms in total. The van der Waals surface area contributed by atoms with Crippen LogP contribution in [0.3, 0.4) is 0 Å². The lowest BCUT2D eigenvalue weighted by Crippen LogP contribution is -2.34. The van der Waals surface area contributed by atoms with Crippen molar-refractivity contribution in [3.05, 3.63) is 42.0 Å². The largest absolute Gasteiger partial charge is 0.350 e. The fourth-order valence-electron chi connectivity index (χ4n) is 3.14. The summed E-state index contributed by atoms with van der Waals surface area (Å²) in [7, 11) is -3.67. The van der Waals surface area contributed by atoms with Gasteiger partial charge in [-0.25, -0.2) is 13.4 Å². The molecular weight excluding hydrogens is 364 g/mol. The summed E-state index contributed by atoms with van der Waals surface area (Å²) < 4.78 is 29.6. The van der Waals surface area contributed by atoms with Gasteiger partial charge in [-0.15, -0.1) is 0 Å². The second-order valence-corrected chi connectivity index (χ2v) is 9.58. The third-order valence-electron chi connectivity index (χ3n) is 4.39. The molecule has 1 aromatic carbocycles. The summed E-state index contributed by atoms with van der Waals surface area (Å²) in [5.74, 6) is 0.187. The topological polar surface area (TPSA) is 84.3 Å². The normalized spacial score (nSPS) is 16.1. The minimum Gasteiger partial charge on any atom is -0.350 e. The Morgan fingerprint density at radius 1 is 1.19 bits per heavy atom. The maximum Gasteiger partial charge on any atom is 0.271 e. The van der Waals surface area contributed by atoms with E-state index in [4.69, 9.17) is 0 Å². The zero-order valence-electron chi connectivity index (χ0n) is 16.1. The van der Waals surface area contributed by atoms with E-state index in [0.29, 0.717) is 30.4 Å². The van der Waals surface area contributed by atoms with Crippen molar-refractivity contribution in [3.8, 4) is 5.69 Å². The highest BCUT2D eigenvalue weighted by atomic mass is 32.2. The number of carbonyl (C=O) groups excluding carboxylic acids is 1. The number of benzene rings is 1. The molecule has 0 saturated heterocycles. The second-order valence-electron chi connectivity index (χ2n) is 7.67. The molecule has 0 unspecified atom stereocenters. The molecule has 0 fully saturated rings. The summed E-state index contributed by atoms with van der Waals surface area (Å²) >= 11 is 0. The molecule has 0 atom stereocenters. The Bertz CT molecular complexity index is 948. The molecule has 2 aromatic rings. The van der Waals surface area contributed by atoms with Gasteiger partial charge in [0.2, 0.25) is 10.0 Å². The number of nitrogens with zero attached hydrogens (tertiary/aromatic N) is 3. The zero-order chi connectivity index (χ0) is 19.8. The highest BCUT2D eigenvalue weighted by molar-refractivity contribution is 7.89. The smallest absolute Gasteiger partial charge is 0.271 e. The highest BCUT2D eigenvalue weighted by Crippen LogP contribution is 2.31. The fourth-order valence-corrected chi connectivity index (χ4v) is 4.88. The van der Waals surface area contributed by atoms with Gasteiger partial charge in [-0.3, -0.25) is 9.36 Å². The van der Waals surface area contributed by atoms with Gasteiger partial charge in [0.15, 0.2) is 5.69 Å². The van der Waals surface area contributed by atoms with Gasteiger partial charge in [0.25, 0.3) is 5.91 Å². The van der Waals surface area contributed by atoms with Crippen LogP contribution in [0.2, 0.25) is 0 Å². The summed E-state index contributed by atoms with van der Waals surface area (Å²) in [6.45, 7) is 8.99. The monoisotopic (exact) mass is 390 g/mol. The molecule has 1 aliphatic rings. The van der Waals surface area contributed by atoms with Crippen LogP contribution >= 0.6 is 0 Å². The number of rotatable bonds is 5. The molecule has 1 aromatic heterocycles. The van der Waals surface area contributed by atoms with E-state index in [2.05, 4.69) is 10.3 Å². The molecule has 0 spiro atoms. The third kappa shape index (κ3) is 3.77. The minimum absolute atomic E-state index is 0.111. The first-order valence-corrected chi connectivity index (χ1v) is 10.6. The molecule has 2 heterocycles. The van der Waals surface area contributed by atoms with Crippen molar-refractivity contribution in [1.82, 2.24) is 19.2 Å². The summed E-state index contributed by atoms with van der Waals surface area (Å²) in [6, 6.07) is 6.84. The second kappa shape index (κ2) is 7.44. The average molecular weight is 391 g/mol.